The van der Waals surface area contributed by atoms with Crippen LogP contribution < -0.4 is 9.80 Å². The minimum atomic E-state index is -4.87. The molecule has 0 unspecified atom stereocenters. The monoisotopic (exact) mass is 453 g/mol. The summed E-state index contributed by atoms with van der Waals surface area (Å²) in [5.41, 5.74) is -0.236. The molecule has 1 aromatic heterocycles. The topological polar surface area (TPSA) is 86.7 Å². The lowest BCUT2D eigenvalue weighted by Crippen LogP contribution is -2.49. The fourth-order valence-electron chi connectivity index (χ4n) is 3.50. The normalized spacial score (nSPS) is 14.7. The molecule has 2 heterocycles. The Kier molecular flexibility index (Phi) is 7.04. The van der Waals surface area contributed by atoms with Gasteiger partial charge in [-0.3, -0.25) is 4.79 Å². The maximum Gasteiger partial charge on any atom is 0.341 e. The first-order valence-electron chi connectivity index (χ1n) is 10.0. The van der Waals surface area contributed by atoms with Crippen molar-refractivity contribution in [2.75, 3.05) is 49.1 Å². The second kappa shape index (κ2) is 9.54. The first kappa shape index (κ1) is 22.9. The van der Waals surface area contributed by atoms with Crippen LogP contribution in [-0.2, 0) is 9.84 Å². The van der Waals surface area contributed by atoms with Gasteiger partial charge >= 0.3 is 5.76 Å². The van der Waals surface area contributed by atoms with Gasteiger partial charge in [0.25, 0.3) is 5.91 Å². The summed E-state index contributed by atoms with van der Waals surface area (Å²) >= 11 is 0. The SMILES string of the molecule is CCN(CC)c1ccc(N2CCN(C(=O)c3ccccc3S(=O)(=O)C(F)F)CC2)nn1. The number of aromatic nitrogens is 2. The number of carbonyl (C=O) groups excluding carboxylic acids is 1. The Morgan fingerprint density at radius 2 is 1.68 bits per heavy atom. The summed E-state index contributed by atoms with van der Waals surface area (Å²) in [6.45, 7) is 7.29. The molecule has 0 spiro atoms. The number of piperazine rings is 1. The van der Waals surface area contributed by atoms with Gasteiger partial charge in [0.15, 0.2) is 11.6 Å². The fraction of sp³-hybridized carbons (Fsp3) is 0.450. The van der Waals surface area contributed by atoms with Crippen molar-refractivity contribution in [2.24, 2.45) is 0 Å². The molecule has 1 aliphatic rings. The molecule has 1 aromatic carbocycles. The van der Waals surface area contributed by atoms with Gasteiger partial charge in [0.1, 0.15) is 0 Å². The summed E-state index contributed by atoms with van der Waals surface area (Å²) in [4.78, 5) is 17.8. The number of alkyl halides is 2. The highest BCUT2D eigenvalue weighted by Crippen LogP contribution is 2.24. The number of hydrogen-bond acceptors (Lipinski definition) is 7. The Labute approximate surface area is 180 Å². The number of carbonyl (C=O) groups is 1. The number of amides is 1. The Hall–Kier alpha value is -2.82. The highest BCUT2D eigenvalue weighted by atomic mass is 32.2. The molecule has 1 amide bonds. The summed E-state index contributed by atoms with van der Waals surface area (Å²) in [7, 11) is -4.87. The zero-order chi connectivity index (χ0) is 22.6. The third kappa shape index (κ3) is 4.76. The maximum absolute atomic E-state index is 13.0. The predicted octanol–water partition coefficient (Wildman–Crippen LogP) is 2.28. The third-order valence-corrected chi connectivity index (χ3v) is 6.71. The van der Waals surface area contributed by atoms with Crippen molar-refractivity contribution in [1.82, 2.24) is 15.1 Å². The number of halogens is 2. The molecule has 0 atom stereocenters. The van der Waals surface area contributed by atoms with Crippen LogP contribution in [0.1, 0.15) is 24.2 Å². The molecular formula is C20H25F2N5O3S. The van der Waals surface area contributed by atoms with Crippen LogP contribution >= 0.6 is 0 Å². The first-order valence-corrected chi connectivity index (χ1v) is 11.6. The average molecular weight is 454 g/mol. The quantitative estimate of drug-likeness (QED) is 0.636. The van der Waals surface area contributed by atoms with E-state index in [2.05, 4.69) is 15.1 Å². The van der Waals surface area contributed by atoms with E-state index in [1.54, 1.807) is 0 Å². The van der Waals surface area contributed by atoms with Crippen molar-refractivity contribution in [3.8, 4) is 0 Å². The van der Waals surface area contributed by atoms with Crippen LogP contribution in [0.3, 0.4) is 0 Å². The van der Waals surface area contributed by atoms with E-state index in [1.807, 2.05) is 30.9 Å². The lowest BCUT2D eigenvalue weighted by molar-refractivity contribution is 0.0742. The molecule has 168 valence electrons. The van der Waals surface area contributed by atoms with Gasteiger partial charge in [-0.05, 0) is 38.1 Å². The maximum atomic E-state index is 13.0. The lowest BCUT2D eigenvalue weighted by atomic mass is 10.2. The highest BCUT2D eigenvalue weighted by molar-refractivity contribution is 7.91. The van der Waals surface area contributed by atoms with Crippen molar-refractivity contribution in [1.29, 1.82) is 0 Å². The largest absolute Gasteiger partial charge is 0.356 e. The van der Waals surface area contributed by atoms with E-state index in [-0.39, 0.29) is 5.56 Å². The zero-order valence-electron chi connectivity index (χ0n) is 17.4. The predicted molar refractivity (Wildman–Crippen MR) is 113 cm³/mol. The minimum absolute atomic E-state index is 0.236. The molecule has 1 saturated heterocycles. The second-order valence-corrected chi connectivity index (χ2v) is 8.89. The van der Waals surface area contributed by atoms with E-state index in [1.165, 1.54) is 23.1 Å². The molecule has 11 heteroatoms. The minimum Gasteiger partial charge on any atom is -0.356 e. The van der Waals surface area contributed by atoms with Gasteiger partial charge in [0, 0.05) is 39.3 Å². The number of anilines is 2. The van der Waals surface area contributed by atoms with Crippen LogP contribution in [0, 0.1) is 0 Å². The Balaban J connectivity index is 1.70. The molecule has 1 fully saturated rings. The number of benzene rings is 1. The van der Waals surface area contributed by atoms with Gasteiger partial charge in [-0.1, -0.05) is 12.1 Å². The fourth-order valence-corrected chi connectivity index (χ4v) is 4.42. The van der Waals surface area contributed by atoms with E-state index in [0.717, 1.165) is 25.0 Å². The number of rotatable bonds is 7. The van der Waals surface area contributed by atoms with Crippen LogP contribution in [0.25, 0.3) is 0 Å². The van der Waals surface area contributed by atoms with Crippen LogP contribution in [0.4, 0.5) is 20.4 Å². The van der Waals surface area contributed by atoms with Crippen LogP contribution in [0.2, 0.25) is 0 Å². The van der Waals surface area contributed by atoms with E-state index in [9.17, 15) is 22.0 Å². The zero-order valence-corrected chi connectivity index (χ0v) is 18.2. The summed E-state index contributed by atoms with van der Waals surface area (Å²) in [5.74, 6) is -2.69. The number of hydrogen-bond donors (Lipinski definition) is 0. The highest BCUT2D eigenvalue weighted by Gasteiger charge is 2.33. The molecule has 0 bridgehead atoms. The third-order valence-electron chi connectivity index (χ3n) is 5.27. The van der Waals surface area contributed by atoms with Crippen molar-refractivity contribution >= 4 is 27.4 Å². The van der Waals surface area contributed by atoms with Crippen LogP contribution in [0.5, 0.6) is 0 Å². The number of nitrogens with zero attached hydrogens (tertiary/aromatic N) is 5. The van der Waals surface area contributed by atoms with E-state index in [4.69, 9.17) is 0 Å². The van der Waals surface area contributed by atoms with Gasteiger partial charge < -0.3 is 14.7 Å². The van der Waals surface area contributed by atoms with E-state index < -0.39 is 26.4 Å². The first-order chi connectivity index (χ1) is 14.8. The van der Waals surface area contributed by atoms with Gasteiger partial charge in [-0.15, -0.1) is 10.2 Å². The lowest BCUT2D eigenvalue weighted by Gasteiger charge is -2.35. The molecule has 3 rings (SSSR count). The van der Waals surface area contributed by atoms with Crippen molar-refractivity contribution < 1.29 is 22.0 Å². The Morgan fingerprint density at radius 3 is 2.23 bits per heavy atom. The second-order valence-electron chi connectivity index (χ2n) is 7.00. The summed E-state index contributed by atoms with van der Waals surface area (Å²) in [5, 5.41) is 8.55. The molecule has 0 aliphatic carbocycles. The van der Waals surface area contributed by atoms with E-state index in [0.29, 0.717) is 32.0 Å². The summed E-state index contributed by atoms with van der Waals surface area (Å²) < 4.78 is 49.9. The van der Waals surface area contributed by atoms with Crippen molar-refractivity contribution in [3.63, 3.8) is 0 Å². The van der Waals surface area contributed by atoms with Gasteiger partial charge in [-0.2, -0.15) is 8.78 Å². The average Bonchev–Trinajstić information content (AvgIpc) is 2.80. The van der Waals surface area contributed by atoms with Crippen molar-refractivity contribution in [2.45, 2.75) is 24.5 Å². The smallest absolute Gasteiger partial charge is 0.341 e. The van der Waals surface area contributed by atoms with Crippen LogP contribution in [0.15, 0.2) is 41.3 Å². The van der Waals surface area contributed by atoms with Crippen LogP contribution in [-0.4, -0.2) is 74.4 Å². The molecule has 0 saturated carbocycles. The molecule has 8 nitrogen and oxygen atoms in total. The number of sulfone groups is 1. The van der Waals surface area contributed by atoms with Gasteiger partial charge in [0.05, 0.1) is 10.5 Å². The molecule has 31 heavy (non-hydrogen) atoms. The molecular weight excluding hydrogens is 428 g/mol. The Morgan fingerprint density at radius 1 is 1.03 bits per heavy atom. The molecule has 0 radical (unpaired) electrons. The summed E-state index contributed by atoms with van der Waals surface area (Å²) in [6, 6.07) is 8.87. The Bertz CT molecular complexity index is 1010. The molecule has 1 aliphatic heterocycles. The summed E-state index contributed by atoms with van der Waals surface area (Å²) in [6.07, 6.45) is 0. The van der Waals surface area contributed by atoms with Gasteiger partial charge in [0.2, 0.25) is 9.84 Å². The van der Waals surface area contributed by atoms with Gasteiger partial charge in [-0.25, -0.2) is 8.42 Å². The molecule has 0 N–H and O–H groups in total. The van der Waals surface area contributed by atoms with E-state index >= 15 is 0 Å². The standard InChI is InChI=1S/C20H25F2N5O3S/c1-3-25(4-2)17-9-10-18(24-23-17)26-11-13-27(14-12-26)19(28)15-7-5-6-8-16(15)31(29,30)20(21)22/h5-10,20H,3-4,11-14H2,1-2H3. The molecule has 2 aromatic rings. The van der Waals surface area contributed by atoms with Crippen molar-refractivity contribution in [3.05, 3.63) is 42.0 Å².